The summed E-state index contributed by atoms with van der Waals surface area (Å²) in [5.41, 5.74) is -0.528. The Morgan fingerprint density at radius 1 is 1.27 bits per heavy atom. The first-order valence-electron chi connectivity index (χ1n) is 5.88. The number of hydrogen-bond donors (Lipinski definition) is 0. The van der Waals surface area contributed by atoms with Crippen molar-refractivity contribution >= 4 is 40.4 Å². The molecule has 0 amide bonds. The molecule has 2 aromatic heterocycles. The van der Waals surface area contributed by atoms with Crippen LogP contribution in [0.4, 0.5) is 17.1 Å². The van der Waals surface area contributed by atoms with Crippen LogP contribution in [-0.4, -0.2) is 14.7 Å². The highest BCUT2D eigenvalue weighted by molar-refractivity contribution is 7.92. The summed E-state index contributed by atoms with van der Waals surface area (Å²) in [6, 6.07) is 6.55. The normalized spacial score (nSPS) is 12.0. The number of hydrogen-bond acceptors (Lipinski definition) is 4. The maximum absolute atomic E-state index is 12.9. The van der Waals surface area contributed by atoms with Gasteiger partial charge in [0.25, 0.3) is 0 Å². The molecule has 3 nitrogen and oxygen atoms in total. The lowest BCUT2D eigenvalue weighted by Gasteiger charge is -1.99. The quantitative estimate of drug-likeness (QED) is 0.508. The number of ketones is 1. The average Bonchev–Trinajstić information content (AvgIpc) is 3.11. The van der Waals surface area contributed by atoms with Crippen molar-refractivity contribution in [3.63, 3.8) is 0 Å². The van der Waals surface area contributed by atoms with Gasteiger partial charge in [-0.1, -0.05) is 18.2 Å². The van der Waals surface area contributed by atoms with E-state index in [-0.39, 0.29) is 22.9 Å². The van der Waals surface area contributed by atoms with Gasteiger partial charge >= 0.3 is 6.18 Å². The molecule has 1 aromatic carbocycles. The van der Waals surface area contributed by atoms with Gasteiger partial charge in [0.05, 0.1) is 11.1 Å². The Morgan fingerprint density at radius 2 is 2.00 bits per heavy atom. The highest BCUT2D eigenvalue weighted by atomic mass is 32.2. The van der Waals surface area contributed by atoms with Crippen LogP contribution in [0.3, 0.4) is 0 Å². The van der Waals surface area contributed by atoms with E-state index in [0.29, 0.717) is 22.2 Å². The fourth-order valence-corrected chi connectivity index (χ4v) is 3.17. The van der Waals surface area contributed by atoms with Crippen LogP contribution in [0.5, 0.6) is 0 Å². The van der Waals surface area contributed by atoms with Crippen LogP contribution in [0.15, 0.2) is 35.8 Å². The van der Waals surface area contributed by atoms with Gasteiger partial charge in [0.15, 0.2) is 23.0 Å². The predicted molar refractivity (Wildman–Crippen MR) is 76.6 cm³/mol. The molecule has 3 aromatic rings. The maximum atomic E-state index is 12.9. The summed E-state index contributed by atoms with van der Waals surface area (Å²) in [5, 5.41) is 0.969. The van der Waals surface area contributed by atoms with E-state index in [1.165, 1.54) is 6.20 Å². The van der Waals surface area contributed by atoms with Gasteiger partial charge in [0, 0.05) is 17.0 Å². The second-order valence-corrected chi connectivity index (χ2v) is 5.71. The largest absolute Gasteiger partial charge is 0.434 e. The van der Waals surface area contributed by atoms with Crippen molar-refractivity contribution in [3.8, 4) is 0 Å². The maximum Gasteiger partial charge on any atom is 0.434 e. The summed E-state index contributed by atoms with van der Waals surface area (Å²) in [7, 11) is 0. The minimum Gasteiger partial charge on any atom is -0.286 e. The molecule has 3 rings (SSSR count). The Hall–Kier alpha value is -1.87. The van der Waals surface area contributed by atoms with Crippen LogP contribution in [0, 0.1) is 0 Å². The number of para-hydroxylation sites is 1. The number of alkyl halides is 3. The van der Waals surface area contributed by atoms with Gasteiger partial charge in [-0.2, -0.15) is 13.2 Å². The Balaban J connectivity index is 2.08. The molecule has 9 heteroatoms. The summed E-state index contributed by atoms with van der Waals surface area (Å²) < 4.78 is 51.7. The molecule has 0 unspecified atom stereocenters. The van der Waals surface area contributed by atoms with Gasteiger partial charge in [-0.3, -0.25) is 8.77 Å². The van der Waals surface area contributed by atoms with E-state index in [1.54, 1.807) is 24.3 Å². The molecular weight excluding hydrogens is 340 g/mol. The third-order valence-electron chi connectivity index (χ3n) is 2.99. The Bertz CT molecular complexity index is 853. The molecular formula is C13H6F4N2OS2. The molecule has 0 saturated heterocycles. The minimum atomic E-state index is -4.60. The molecule has 0 radical (unpaired) electrons. The van der Waals surface area contributed by atoms with Crippen molar-refractivity contribution < 1.29 is 21.9 Å². The zero-order valence-corrected chi connectivity index (χ0v) is 12.2. The molecule has 0 aliphatic heterocycles. The smallest absolute Gasteiger partial charge is 0.286 e. The van der Waals surface area contributed by atoms with Crippen molar-refractivity contribution in [2.75, 3.05) is 0 Å². The highest BCUT2D eigenvalue weighted by Crippen LogP contribution is 2.32. The lowest BCUT2D eigenvalue weighted by molar-refractivity contribution is -0.140. The van der Waals surface area contributed by atoms with Crippen LogP contribution >= 0.6 is 23.7 Å². The van der Waals surface area contributed by atoms with E-state index in [0.717, 1.165) is 9.35 Å². The first-order chi connectivity index (χ1) is 10.4. The summed E-state index contributed by atoms with van der Waals surface area (Å²) in [5.74, 6) is -0.663. The van der Waals surface area contributed by atoms with Crippen LogP contribution in [-0.2, 0) is 6.18 Å². The monoisotopic (exact) mass is 346 g/mol. The molecule has 0 N–H and O–H groups in total. The second-order valence-electron chi connectivity index (χ2n) is 4.32. The molecule has 0 saturated carbocycles. The van der Waals surface area contributed by atoms with Crippen molar-refractivity contribution in [3.05, 3.63) is 52.1 Å². The second kappa shape index (κ2) is 5.40. The Kier molecular flexibility index (Phi) is 3.69. The molecule has 22 heavy (non-hydrogen) atoms. The van der Waals surface area contributed by atoms with Gasteiger partial charge in [-0.05, 0) is 6.07 Å². The molecule has 0 bridgehead atoms. The number of benzene rings is 1. The lowest BCUT2D eigenvalue weighted by atomic mass is 10.1. The number of carbonyl (C=O) groups excluding carboxylic acids is 1. The van der Waals surface area contributed by atoms with Gasteiger partial charge in [-0.15, -0.1) is 15.2 Å². The topological polar surface area (TPSA) is 34.9 Å². The molecule has 0 atom stereocenters. The zero-order valence-electron chi connectivity index (χ0n) is 10.6. The summed E-state index contributed by atoms with van der Waals surface area (Å²) in [6.07, 6.45) is -3.34. The first-order valence-corrected chi connectivity index (χ1v) is 7.43. The average molecular weight is 346 g/mol. The molecule has 0 aliphatic rings. The number of carbonyl (C=O) groups is 1. The lowest BCUT2D eigenvalue weighted by Crippen LogP contribution is -2.07. The van der Waals surface area contributed by atoms with E-state index in [1.807, 2.05) is 0 Å². The van der Waals surface area contributed by atoms with E-state index in [2.05, 4.69) is 4.98 Å². The van der Waals surface area contributed by atoms with Crippen LogP contribution < -0.4 is 0 Å². The van der Waals surface area contributed by atoms with E-state index in [4.69, 9.17) is 0 Å². The number of rotatable bonds is 3. The van der Waals surface area contributed by atoms with Crippen molar-refractivity contribution in [2.24, 2.45) is 0 Å². The van der Waals surface area contributed by atoms with Gasteiger partial charge in [0.2, 0.25) is 5.78 Å². The highest BCUT2D eigenvalue weighted by Gasteiger charge is 2.34. The third kappa shape index (κ3) is 2.50. The van der Waals surface area contributed by atoms with Gasteiger partial charge in [-0.25, -0.2) is 4.98 Å². The van der Waals surface area contributed by atoms with Crippen molar-refractivity contribution in [2.45, 2.75) is 6.18 Å². The Labute approximate surface area is 130 Å². The molecule has 2 heterocycles. The SMILES string of the molecule is O=C(c1nc(C(F)(F)F)cs1)c1cn(SF)c2ccccc12. The zero-order chi connectivity index (χ0) is 15.9. The number of nitrogens with zero attached hydrogens (tertiary/aromatic N) is 2. The standard InChI is InChI=1S/C13H6F4N2OS2/c14-13(15,16)10-6-21-12(18-10)11(20)8-5-19(22-17)9-4-2-1-3-7(8)9/h1-6H. The molecule has 0 fully saturated rings. The fraction of sp³-hybridized carbons (Fsp3) is 0.0769. The van der Waals surface area contributed by atoms with Gasteiger partial charge in [0.1, 0.15) is 0 Å². The first kappa shape index (κ1) is 15.0. The fourth-order valence-electron chi connectivity index (χ4n) is 2.01. The molecule has 0 aliphatic carbocycles. The summed E-state index contributed by atoms with van der Waals surface area (Å²) in [6.45, 7) is 0. The minimum absolute atomic E-state index is 0.0914. The predicted octanol–water partition coefficient (Wildman–Crippen LogP) is 4.73. The number of fused-ring (bicyclic) bond motifs is 1. The third-order valence-corrected chi connectivity index (χ3v) is 4.28. The summed E-state index contributed by atoms with van der Waals surface area (Å²) in [4.78, 5) is 15.7. The van der Waals surface area contributed by atoms with E-state index >= 15 is 0 Å². The molecule has 0 spiro atoms. The van der Waals surface area contributed by atoms with Crippen LogP contribution in [0.25, 0.3) is 10.9 Å². The number of halogens is 4. The number of aromatic nitrogens is 2. The van der Waals surface area contributed by atoms with Crippen molar-refractivity contribution in [1.82, 2.24) is 8.96 Å². The van der Waals surface area contributed by atoms with Crippen LogP contribution in [0.1, 0.15) is 21.1 Å². The van der Waals surface area contributed by atoms with Crippen molar-refractivity contribution in [1.29, 1.82) is 0 Å². The van der Waals surface area contributed by atoms with E-state index in [9.17, 15) is 21.9 Å². The molecule has 114 valence electrons. The Morgan fingerprint density at radius 3 is 2.64 bits per heavy atom. The summed E-state index contributed by atoms with van der Waals surface area (Å²) >= 11 is 0.523. The van der Waals surface area contributed by atoms with E-state index < -0.39 is 17.7 Å². The van der Waals surface area contributed by atoms with Gasteiger partial charge < -0.3 is 0 Å². The van der Waals surface area contributed by atoms with Crippen LogP contribution in [0.2, 0.25) is 0 Å². The number of thiazole rings is 1.